The van der Waals surface area contributed by atoms with Crippen LogP contribution in [0, 0.1) is 24.4 Å². The Balaban J connectivity index is 1.68. The average molecular weight is 435 g/mol. The third-order valence-corrected chi connectivity index (χ3v) is 4.57. The minimum Gasteiger partial charge on any atom is -0.466 e. The van der Waals surface area contributed by atoms with Crippen LogP contribution in [0.5, 0.6) is 5.88 Å². The van der Waals surface area contributed by atoms with Crippen LogP contribution < -0.4 is 15.0 Å². The van der Waals surface area contributed by atoms with Gasteiger partial charge in [0.15, 0.2) is 17.5 Å². The minimum absolute atomic E-state index is 0.0165. The lowest BCUT2D eigenvalue weighted by Crippen LogP contribution is -2.37. The molecule has 4 rings (SSSR count). The van der Waals surface area contributed by atoms with E-state index >= 15 is 4.39 Å². The summed E-state index contributed by atoms with van der Waals surface area (Å²) in [6, 6.07) is 2.41. The Kier molecular flexibility index (Phi) is 5.89. The first-order valence-electron chi connectivity index (χ1n) is 9.57. The first-order chi connectivity index (χ1) is 14.9. The number of halogens is 3. The molecule has 164 valence electrons. The number of nitrogens with zero attached hydrogens (tertiary/aromatic N) is 5. The standard InChI is InChI=1S/C19H20F3N7O2/c1-10-7-14(28-27-10)24-19-25-17(29-3-5-30-6-4-29)15(22)18(26-19)31-11(2)16-13(21)8-12(20)9-23-16/h7-9,11H,3-6H2,1-2H3,(H2,24,25,26,27,28)/t11-/m0/s1. The van der Waals surface area contributed by atoms with Gasteiger partial charge in [0.05, 0.1) is 19.4 Å². The average Bonchev–Trinajstić information content (AvgIpc) is 3.15. The highest BCUT2D eigenvalue weighted by molar-refractivity contribution is 5.54. The fourth-order valence-electron chi connectivity index (χ4n) is 3.08. The second-order valence-corrected chi connectivity index (χ2v) is 6.93. The van der Waals surface area contributed by atoms with Gasteiger partial charge in [-0.15, -0.1) is 0 Å². The lowest BCUT2D eigenvalue weighted by atomic mass is 10.2. The second kappa shape index (κ2) is 8.76. The molecule has 0 saturated carbocycles. The minimum atomic E-state index is -1.04. The summed E-state index contributed by atoms with van der Waals surface area (Å²) in [5, 5.41) is 9.73. The summed E-state index contributed by atoms with van der Waals surface area (Å²) in [6.07, 6.45) is -0.177. The van der Waals surface area contributed by atoms with Gasteiger partial charge >= 0.3 is 0 Å². The highest BCUT2D eigenvalue weighted by atomic mass is 19.1. The highest BCUT2D eigenvalue weighted by Gasteiger charge is 2.25. The van der Waals surface area contributed by atoms with E-state index in [1.807, 2.05) is 6.92 Å². The molecular formula is C19H20F3N7O2. The van der Waals surface area contributed by atoms with E-state index in [1.165, 1.54) is 6.92 Å². The third-order valence-electron chi connectivity index (χ3n) is 4.57. The number of morpholine rings is 1. The zero-order valence-corrected chi connectivity index (χ0v) is 16.8. The summed E-state index contributed by atoms with van der Waals surface area (Å²) < 4.78 is 53.4. The molecule has 1 aliphatic heterocycles. The van der Waals surface area contributed by atoms with Gasteiger partial charge in [-0.05, 0) is 13.8 Å². The molecule has 0 radical (unpaired) electrons. The number of ether oxygens (including phenoxy) is 2. The molecule has 3 aromatic rings. The fraction of sp³-hybridized carbons (Fsp3) is 0.368. The number of rotatable bonds is 6. The van der Waals surface area contributed by atoms with Crippen LogP contribution in [0.2, 0.25) is 0 Å². The smallest absolute Gasteiger partial charge is 0.258 e. The van der Waals surface area contributed by atoms with Crippen molar-refractivity contribution in [3.63, 3.8) is 0 Å². The van der Waals surface area contributed by atoms with Crippen molar-refractivity contribution in [2.45, 2.75) is 20.0 Å². The molecule has 0 aromatic carbocycles. The maximum absolute atomic E-state index is 15.3. The first kappa shape index (κ1) is 20.8. The van der Waals surface area contributed by atoms with Crippen LogP contribution in [-0.4, -0.2) is 51.5 Å². The number of hydrogen-bond acceptors (Lipinski definition) is 8. The maximum atomic E-state index is 15.3. The molecule has 3 aromatic heterocycles. The quantitative estimate of drug-likeness (QED) is 0.609. The monoisotopic (exact) mass is 435 g/mol. The SMILES string of the molecule is Cc1cc(Nc2nc(O[C@@H](C)c3ncc(F)cc3F)c(F)c(N3CCOCC3)n2)n[nH]1. The topological polar surface area (TPSA) is 101 Å². The number of aryl methyl sites for hydroxylation is 1. The third kappa shape index (κ3) is 4.68. The summed E-state index contributed by atoms with van der Waals surface area (Å²) in [5.41, 5.74) is 0.630. The lowest BCUT2D eigenvalue weighted by molar-refractivity contribution is 0.121. The van der Waals surface area contributed by atoms with E-state index in [4.69, 9.17) is 9.47 Å². The number of hydrogen-bond donors (Lipinski definition) is 2. The van der Waals surface area contributed by atoms with Crippen LogP contribution in [0.15, 0.2) is 18.3 Å². The van der Waals surface area contributed by atoms with E-state index in [9.17, 15) is 8.78 Å². The van der Waals surface area contributed by atoms with Gasteiger partial charge in [-0.3, -0.25) is 10.1 Å². The molecule has 12 heteroatoms. The lowest BCUT2D eigenvalue weighted by Gasteiger charge is -2.28. The number of nitrogens with one attached hydrogen (secondary N) is 2. The van der Waals surface area contributed by atoms with Crippen molar-refractivity contribution in [1.82, 2.24) is 25.1 Å². The van der Waals surface area contributed by atoms with Crippen LogP contribution >= 0.6 is 0 Å². The van der Waals surface area contributed by atoms with Crippen molar-refractivity contribution in [3.8, 4) is 5.88 Å². The zero-order valence-electron chi connectivity index (χ0n) is 16.8. The Morgan fingerprint density at radius 1 is 1.19 bits per heavy atom. The van der Waals surface area contributed by atoms with Crippen LogP contribution in [0.25, 0.3) is 0 Å². The van der Waals surface area contributed by atoms with Crippen LogP contribution in [0.4, 0.5) is 30.8 Å². The molecule has 4 heterocycles. The summed E-state index contributed by atoms with van der Waals surface area (Å²) in [5.74, 6) is -2.43. The van der Waals surface area contributed by atoms with Crippen molar-refractivity contribution >= 4 is 17.6 Å². The molecular weight excluding hydrogens is 415 g/mol. The highest BCUT2D eigenvalue weighted by Crippen LogP contribution is 2.31. The molecule has 1 saturated heterocycles. The van der Waals surface area contributed by atoms with Crippen molar-refractivity contribution in [2.24, 2.45) is 0 Å². The Bertz CT molecular complexity index is 1070. The van der Waals surface area contributed by atoms with Gasteiger partial charge in [-0.1, -0.05) is 0 Å². The molecule has 1 aliphatic rings. The Morgan fingerprint density at radius 3 is 2.65 bits per heavy atom. The number of H-pyrrole nitrogens is 1. The van der Waals surface area contributed by atoms with Gasteiger partial charge in [0.25, 0.3) is 5.88 Å². The van der Waals surface area contributed by atoms with E-state index in [0.717, 1.165) is 11.9 Å². The summed E-state index contributed by atoms with van der Waals surface area (Å²) >= 11 is 0. The van der Waals surface area contributed by atoms with E-state index in [2.05, 4.69) is 30.5 Å². The largest absolute Gasteiger partial charge is 0.466 e. The van der Waals surface area contributed by atoms with E-state index < -0.39 is 29.4 Å². The van der Waals surface area contributed by atoms with Crippen molar-refractivity contribution in [2.75, 3.05) is 36.5 Å². The van der Waals surface area contributed by atoms with Gasteiger partial charge in [0.1, 0.15) is 17.6 Å². The fourth-order valence-corrected chi connectivity index (χ4v) is 3.08. The van der Waals surface area contributed by atoms with Crippen molar-refractivity contribution in [1.29, 1.82) is 0 Å². The second-order valence-electron chi connectivity index (χ2n) is 6.93. The Hall–Kier alpha value is -3.41. The molecule has 31 heavy (non-hydrogen) atoms. The molecule has 1 atom stereocenters. The summed E-state index contributed by atoms with van der Waals surface area (Å²) in [6.45, 7) is 4.98. The van der Waals surface area contributed by atoms with Gasteiger partial charge < -0.3 is 19.7 Å². The summed E-state index contributed by atoms with van der Waals surface area (Å²) in [7, 11) is 0. The number of aromatic nitrogens is 5. The van der Waals surface area contributed by atoms with E-state index in [0.29, 0.717) is 38.2 Å². The molecule has 2 N–H and O–H groups in total. The Labute approximate surface area is 175 Å². The van der Waals surface area contributed by atoms with E-state index in [1.54, 1.807) is 11.0 Å². The number of aromatic amines is 1. The summed E-state index contributed by atoms with van der Waals surface area (Å²) in [4.78, 5) is 13.8. The van der Waals surface area contributed by atoms with Crippen molar-refractivity contribution in [3.05, 3.63) is 47.2 Å². The van der Waals surface area contributed by atoms with E-state index in [-0.39, 0.29) is 17.5 Å². The van der Waals surface area contributed by atoms with Crippen LogP contribution in [-0.2, 0) is 4.74 Å². The predicted octanol–water partition coefficient (Wildman–Crippen LogP) is 3.04. The molecule has 1 fully saturated rings. The molecule has 9 nitrogen and oxygen atoms in total. The molecule has 0 unspecified atom stereocenters. The van der Waals surface area contributed by atoms with Crippen LogP contribution in [0.3, 0.4) is 0 Å². The molecule has 0 aliphatic carbocycles. The van der Waals surface area contributed by atoms with Gasteiger partial charge in [-0.2, -0.15) is 19.5 Å². The Morgan fingerprint density at radius 2 is 1.97 bits per heavy atom. The normalized spacial score (nSPS) is 15.1. The van der Waals surface area contributed by atoms with Crippen molar-refractivity contribution < 1.29 is 22.6 Å². The van der Waals surface area contributed by atoms with Crippen LogP contribution in [0.1, 0.15) is 24.4 Å². The zero-order chi connectivity index (χ0) is 22.0. The molecule has 0 spiro atoms. The first-order valence-corrected chi connectivity index (χ1v) is 9.57. The number of anilines is 3. The van der Waals surface area contributed by atoms with Gasteiger partial charge in [0, 0.05) is 30.9 Å². The maximum Gasteiger partial charge on any atom is 0.258 e. The molecule has 0 amide bonds. The van der Waals surface area contributed by atoms with Gasteiger partial charge in [0.2, 0.25) is 11.8 Å². The molecule has 0 bridgehead atoms. The predicted molar refractivity (Wildman–Crippen MR) is 105 cm³/mol. The number of pyridine rings is 1. The van der Waals surface area contributed by atoms with Gasteiger partial charge in [-0.25, -0.2) is 8.78 Å².